The second-order valence-electron chi connectivity index (χ2n) is 7.12. The first-order valence-corrected chi connectivity index (χ1v) is 8.87. The van der Waals surface area contributed by atoms with Gasteiger partial charge in [-0.05, 0) is 50.9 Å². The fourth-order valence-corrected chi connectivity index (χ4v) is 4.63. The van der Waals surface area contributed by atoms with Gasteiger partial charge in [0.2, 0.25) is 5.91 Å². The summed E-state index contributed by atoms with van der Waals surface area (Å²) in [5.41, 5.74) is 1.30. The van der Waals surface area contributed by atoms with Crippen LogP contribution in [0.2, 0.25) is 0 Å². The first kappa shape index (κ1) is 15.6. The Balaban J connectivity index is 1.69. The van der Waals surface area contributed by atoms with Crippen LogP contribution in [0.5, 0.6) is 0 Å². The van der Waals surface area contributed by atoms with Crippen molar-refractivity contribution in [3.05, 3.63) is 11.6 Å². The Labute approximate surface area is 132 Å². The highest BCUT2D eigenvalue weighted by Crippen LogP contribution is 2.39. The summed E-state index contributed by atoms with van der Waals surface area (Å²) >= 11 is 0. The lowest BCUT2D eigenvalue weighted by molar-refractivity contribution is -0.153. The molecule has 1 heterocycles. The van der Waals surface area contributed by atoms with Crippen LogP contribution in [-0.4, -0.2) is 34.5 Å². The molecule has 122 valence electrons. The van der Waals surface area contributed by atoms with Crippen molar-refractivity contribution in [1.82, 2.24) is 4.90 Å². The minimum Gasteiger partial charge on any atom is -0.481 e. The lowest BCUT2D eigenvalue weighted by Crippen LogP contribution is -2.54. The zero-order valence-electron chi connectivity index (χ0n) is 13.3. The van der Waals surface area contributed by atoms with Gasteiger partial charge in [-0.15, -0.1) is 0 Å². The van der Waals surface area contributed by atoms with E-state index in [4.69, 9.17) is 0 Å². The summed E-state index contributed by atoms with van der Waals surface area (Å²) in [5.74, 6) is -0.514. The number of likely N-dealkylation sites (tertiary alicyclic amines) is 1. The maximum atomic E-state index is 12.7. The predicted octanol–water partition coefficient (Wildman–Crippen LogP) is 3.37. The Morgan fingerprint density at radius 1 is 1.14 bits per heavy atom. The molecule has 1 amide bonds. The van der Waals surface area contributed by atoms with E-state index in [0.29, 0.717) is 19.4 Å². The number of carbonyl (C=O) groups is 2. The average Bonchev–Trinajstić information content (AvgIpc) is 2.54. The number of aliphatic carboxylic acids is 1. The number of carbonyl (C=O) groups excluding carboxylic acids is 1. The molecule has 22 heavy (non-hydrogen) atoms. The monoisotopic (exact) mass is 305 g/mol. The van der Waals surface area contributed by atoms with E-state index in [9.17, 15) is 14.7 Å². The highest BCUT2D eigenvalue weighted by molar-refractivity contribution is 5.80. The fraction of sp³-hybridized carbons (Fsp3) is 0.778. The summed E-state index contributed by atoms with van der Waals surface area (Å²) in [6, 6.07) is 0.167. The van der Waals surface area contributed by atoms with Crippen molar-refractivity contribution in [3.8, 4) is 0 Å². The highest BCUT2D eigenvalue weighted by Gasteiger charge is 2.43. The van der Waals surface area contributed by atoms with E-state index in [0.717, 1.165) is 38.5 Å². The third kappa shape index (κ3) is 3.21. The number of hydrogen-bond acceptors (Lipinski definition) is 2. The Kier molecular flexibility index (Phi) is 4.84. The molecule has 0 radical (unpaired) electrons. The van der Waals surface area contributed by atoms with E-state index < -0.39 is 5.97 Å². The topological polar surface area (TPSA) is 57.6 Å². The molecular formula is C18H27NO3. The molecule has 0 aromatic carbocycles. The van der Waals surface area contributed by atoms with Crippen LogP contribution in [0.3, 0.4) is 0 Å². The first-order valence-electron chi connectivity index (χ1n) is 8.87. The Morgan fingerprint density at radius 3 is 2.68 bits per heavy atom. The van der Waals surface area contributed by atoms with E-state index in [2.05, 4.69) is 6.08 Å². The molecule has 3 aliphatic rings. The minimum absolute atomic E-state index is 0.167. The largest absolute Gasteiger partial charge is 0.481 e. The van der Waals surface area contributed by atoms with Gasteiger partial charge in [0.25, 0.3) is 0 Å². The van der Waals surface area contributed by atoms with Gasteiger partial charge in [-0.25, -0.2) is 0 Å². The standard InChI is InChI=1S/C18H27NO3/c20-17(12-13-6-2-1-3-7-13)19-11-10-15(18(21)22)14-8-4-5-9-16(14)19/h6,14-16H,1-5,7-12H2,(H,21,22). The van der Waals surface area contributed by atoms with Crippen molar-refractivity contribution in [1.29, 1.82) is 0 Å². The normalized spacial score (nSPS) is 32.1. The number of nitrogens with zero attached hydrogens (tertiary/aromatic N) is 1. The SMILES string of the molecule is O=C(O)C1CCN(C(=O)CC2=CCCCC2)C2CCCCC12. The van der Waals surface area contributed by atoms with Gasteiger partial charge in [-0.3, -0.25) is 9.59 Å². The molecule has 2 aliphatic carbocycles. The molecule has 1 saturated heterocycles. The summed E-state index contributed by atoms with van der Waals surface area (Å²) in [5, 5.41) is 9.45. The number of amides is 1. The van der Waals surface area contributed by atoms with Crippen molar-refractivity contribution >= 4 is 11.9 Å². The van der Waals surface area contributed by atoms with Gasteiger partial charge in [0.1, 0.15) is 0 Å². The van der Waals surface area contributed by atoms with Crippen LogP contribution in [0.15, 0.2) is 11.6 Å². The zero-order chi connectivity index (χ0) is 15.5. The summed E-state index contributed by atoms with van der Waals surface area (Å²) < 4.78 is 0. The summed E-state index contributed by atoms with van der Waals surface area (Å²) in [7, 11) is 0. The molecule has 1 N–H and O–H groups in total. The Morgan fingerprint density at radius 2 is 1.95 bits per heavy atom. The van der Waals surface area contributed by atoms with Crippen molar-refractivity contribution in [3.63, 3.8) is 0 Å². The smallest absolute Gasteiger partial charge is 0.306 e. The van der Waals surface area contributed by atoms with Crippen LogP contribution in [0.25, 0.3) is 0 Å². The van der Waals surface area contributed by atoms with Gasteiger partial charge in [0.05, 0.1) is 5.92 Å². The molecule has 3 atom stereocenters. The van der Waals surface area contributed by atoms with Crippen molar-refractivity contribution in [2.75, 3.05) is 6.54 Å². The third-order valence-corrected chi connectivity index (χ3v) is 5.78. The molecular weight excluding hydrogens is 278 g/mol. The molecule has 0 aromatic rings. The van der Waals surface area contributed by atoms with Crippen LogP contribution in [0, 0.1) is 11.8 Å². The first-order chi connectivity index (χ1) is 10.7. The average molecular weight is 305 g/mol. The Bertz CT molecular complexity index is 471. The second kappa shape index (κ2) is 6.84. The molecule has 4 nitrogen and oxygen atoms in total. The van der Waals surface area contributed by atoms with Gasteiger partial charge in [0, 0.05) is 19.0 Å². The van der Waals surface area contributed by atoms with Gasteiger partial charge in [0.15, 0.2) is 0 Å². The highest BCUT2D eigenvalue weighted by atomic mass is 16.4. The number of carboxylic acids is 1. The molecule has 3 unspecified atom stereocenters. The number of piperidine rings is 1. The maximum absolute atomic E-state index is 12.7. The minimum atomic E-state index is -0.668. The van der Waals surface area contributed by atoms with E-state index in [-0.39, 0.29) is 23.8 Å². The van der Waals surface area contributed by atoms with Gasteiger partial charge in [-0.1, -0.05) is 24.5 Å². The number of rotatable bonds is 3. The number of allylic oxidation sites excluding steroid dienone is 1. The Hall–Kier alpha value is -1.32. The van der Waals surface area contributed by atoms with Crippen LogP contribution in [-0.2, 0) is 9.59 Å². The maximum Gasteiger partial charge on any atom is 0.306 e. The van der Waals surface area contributed by atoms with E-state index in [1.54, 1.807) is 0 Å². The van der Waals surface area contributed by atoms with E-state index in [1.165, 1.54) is 18.4 Å². The lowest BCUT2D eigenvalue weighted by Gasteiger charge is -2.47. The molecule has 3 rings (SSSR count). The number of carboxylic acid groups (broad SMARTS) is 1. The fourth-order valence-electron chi connectivity index (χ4n) is 4.63. The van der Waals surface area contributed by atoms with Crippen LogP contribution >= 0.6 is 0 Å². The van der Waals surface area contributed by atoms with Crippen molar-refractivity contribution < 1.29 is 14.7 Å². The van der Waals surface area contributed by atoms with Gasteiger partial charge < -0.3 is 10.0 Å². The van der Waals surface area contributed by atoms with Crippen LogP contribution < -0.4 is 0 Å². The quantitative estimate of drug-likeness (QED) is 0.813. The molecule has 1 aliphatic heterocycles. The second-order valence-corrected chi connectivity index (χ2v) is 7.12. The zero-order valence-corrected chi connectivity index (χ0v) is 13.3. The van der Waals surface area contributed by atoms with Gasteiger partial charge >= 0.3 is 5.97 Å². The molecule has 2 fully saturated rings. The molecule has 0 aromatic heterocycles. The molecule has 0 spiro atoms. The molecule has 1 saturated carbocycles. The van der Waals surface area contributed by atoms with E-state index in [1.807, 2.05) is 4.90 Å². The van der Waals surface area contributed by atoms with Crippen molar-refractivity contribution in [2.24, 2.45) is 11.8 Å². The molecule has 0 bridgehead atoms. The van der Waals surface area contributed by atoms with Crippen molar-refractivity contribution in [2.45, 2.75) is 70.3 Å². The summed E-state index contributed by atoms with van der Waals surface area (Å²) in [6.07, 6.45) is 12.2. The summed E-state index contributed by atoms with van der Waals surface area (Å²) in [4.78, 5) is 26.3. The van der Waals surface area contributed by atoms with Crippen LogP contribution in [0.1, 0.15) is 64.2 Å². The lowest BCUT2D eigenvalue weighted by atomic mass is 9.71. The number of fused-ring (bicyclic) bond motifs is 1. The van der Waals surface area contributed by atoms with Crippen LogP contribution in [0.4, 0.5) is 0 Å². The molecule has 4 heteroatoms. The van der Waals surface area contributed by atoms with E-state index >= 15 is 0 Å². The summed E-state index contributed by atoms with van der Waals surface area (Å²) in [6.45, 7) is 0.629. The number of hydrogen-bond donors (Lipinski definition) is 1. The predicted molar refractivity (Wildman–Crippen MR) is 84.4 cm³/mol. The third-order valence-electron chi connectivity index (χ3n) is 5.78. The van der Waals surface area contributed by atoms with Gasteiger partial charge in [-0.2, -0.15) is 0 Å².